The summed E-state index contributed by atoms with van der Waals surface area (Å²) in [7, 11) is 0. The van der Waals surface area contributed by atoms with E-state index in [-0.39, 0.29) is 11.5 Å². The number of fused-ring (bicyclic) bond motifs is 3. The topological polar surface area (TPSA) is 58.9 Å². The predicted molar refractivity (Wildman–Crippen MR) is 113 cm³/mol. The van der Waals surface area contributed by atoms with Crippen LogP contribution in [0.15, 0.2) is 29.1 Å². The lowest BCUT2D eigenvalue weighted by Gasteiger charge is -2.29. The fourth-order valence-corrected chi connectivity index (χ4v) is 4.80. The Kier molecular flexibility index (Phi) is 5.63. The highest BCUT2D eigenvalue weighted by Gasteiger charge is 2.25. The van der Waals surface area contributed by atoms with E-state index in [9.17, 15) is 4.79 Å². The van der Waals surface area contributed by atoms with E-state index in [2.05, 4.69) is 22.8 Å². The van der Waals surface area contributed by atoms with Crippen molar-refractivity contribution in [2.75, 3.05) is 39.6 Å². The SMILES string of the molecule is Cc1c2n(c(OC[C@@H]3COCCO3)cc1=O)CCc1cc(C3CCOCC3)ccc1-2. The van der Waals surface area contributed by atoms with E-state index >= 15 is 0 Å². The summed E-state index contributed by atoms with van der Waals surface area (Å²) in [5.74, 6) is 1.19. The normalized spacial score (nSPS) is 21.7. The second-order valence-corrected chi connectivity index (χ2v) is 8.40. The molecule has 2 fully saturated rings. The number of hydrogen-bond acceptors (Lipinski definition) is 5. The summed E-state index contributed by atoms with van der Waals surface area (Å²) in [6.07, 6.45) is 3.00. The lowest BCUT2D eigenvalue weighted by molar-refractivity contribution is -0.102. The lowest BCUT2D eigenvalue weighted by Crippen LogP contribution is -2.34. The average Bonchev–Trinajstić information content (AvgIpc) is 2.81. The van der Waals surface area contributed by atoms with E-state index < -0.39 is 0 Å². The van der Waals surface area contributed by atoms with E-state index in [1.807, 2.05) is 6.92 Å². The third-order valence-corrected chi connectivity index (χ3v) is 6.50. The van der Waals surface area contributed by atoms with Crippen molar-refractivity contribution >= 4 is 0 Å². The van der Waals surface area contributed by atoms with Crippen molar-refractivity contribution in [3.63, 3.8) is 0 Å². The van der Waals surface area contributed by atoms with Crippen molar-refractivity contribution in [2.45, 2.75) is 44.8 Å². The first-order valence-corrected chi connectivity index (χ1v) is 11.0. The van der Waals surface area contributed by atoms with Gasteiger partial charge in [-0.25, -0.2) is 0 Å². The van der Waals surface area contributed by atoms with Crippen LogP contribution >= 0.6 is 0 Å². The summed E-state index contributed by atoms with van der Waals surface area (Å²) in [5, 5.41) is 0. The number of aromatic nitrogens is 1. The lowest BCUT2D eigenvalue weighted by atomic mass is 9.86. The Morgan fingerprint density at radius 2 is 1.97 bits per heavy atom. The number of pyridine rings is 1. The van der Waals surface area contributed by atoms with Crippen LogP contribution in [0.3, 0.4) is 0 Å². The summed E-state index contributed by atoms with van der Waals surface area (Å²) in [6.45, 7) is 6.53. The number of ether oxygens (including phenoxy) is 4. The fraction of sp³-hybridized carbons (Fsp3) is 0.542. The molecule has 1 aromatic carbocycles. The Morgan fingerprint density at radius 3 is 2.77 bits per heavy atom. The van der Waals surface area contributed by atoms with Gasteiger partial charge in [0.2, 0.25) is 0 Å². The zero-order chi connectivity index (χ0) is 20.5. The largest absolute Gasteiger partial charge is 0.476 e. The van der Waals surface area contributed by atoms with Gasteiger partial charge in [-0.05, 0) is 43.2 Å². The van der Waals surface area contributed by atoms with Crippen LogP contribution in [0.5, 0.6) is 5.88 Å². The molecule has 0 spiro atoms. The maximum Gasteiger partial charge on any atom is 0.197 e. The number of nitrogens with zero attached hydrogens (tertiary/aromatic N) is 1. The summed E-state index contributed by atoms with van der Waals surface area (Å²) in [5.41, 5.74) is 5.64. The first-order valence-electron chi connectivity index (χ1n) is 11.0. The second kappa shape index (κ2) is 8.53. The average molecular weight is 411 g/mol. The predicted octanol–water partition coefficient (Wildman–Crippen LogP) is 3.07. The molecule has 2 aromatic rings. The van der Waals surface area contributed by atoms with Crippen LogP contribution in [0.2, 0.25) is 0 Å². The quantitative estimate of drug-likeness (QED) is 0.774. The maximum absolute atomic E-state index is 12.7. The molecule has 1 aromatic heterocycles. The Labute approximate surface area is 176 Å². The first-order chi connectivity index (χ1) is 14.7. The van der Waals surface area contributed by atoms with Gasteiger partial charge in [-0.2, -0.15) is 0 Å². The van der Waals surface area contributed by atoms with Gasteiger partial charge in [0.25, 0.3) is 0 Å². The summed E-state index contributed by atoms with van der Waals surface area (Å²) < 4.78 is 24.9. The molecule has 0 saturated carbocycles. The highest BCUT2D eigenvalue weighted by Crippen LogP contribution is 2.37. The summed E-state index contributed by atoms with van der Waals surface area (Å²) in [4.78, 5) is 12.7. The Hall–Kier alpha value is -2.15. The Bertz CT molecular complexity index is 970. The molecule has 6 nitrogen and oxygen atoms in total. The van der Waals surface area contributed by atoms with Crippen molar-refractivity contribution in [2.24, 2.45) is 0 Å². The van der Waals surface area contributed by atoms with Gasteiger partial charge in [0.1, 0.15) is 12.7 Å². The van der Waals surface area contributed by atoms with Gasteiger partial charge in [0.05, 0.1) is 25.5 Å². The number of aryl methyl sites for hydroxylation is 1. The molecule has 160 valence electrons. The van der Waals surface area contributed by atoms with E-state index in [4.69, 9.17) is 18.9 Å². The van der Waals surface area contributed by atoms with Gasteiger partial charge in [-0.1, -0.05) is 18.2 Å². The molecule has 0 bridgehead atoms. The van der Waals surface area contributed by atoms with Crippen molar-refractivity contribution in [3.05, 3.63) is 51.2 Å². The molecule has 1 atom stereocenters. The van der Waals surface area contributed by atoms with Crippen molar-refractivity contribution in [1.29, 1.82) is 0 Å². The molecular formula is C24H29NO5. The minimum Gasteiger partial charge on any atom is -0.476 e. The number of rotatable bonds is 4. The summed E-state index contributed by atoms with van der Waals surface area (Å²) in [6, 6.07) is 8.39. The van der Waals surface area contributed by atoms with Gasteiger partial charge in [0, 0.05) is 37.0 Å². The van der Waals surface area contributed by atoms with Crippen LogP contribution < -0.4 is 10.2 Å². The molecule has 0 amide bonds. The van der Waals surface area contributed by atoms with Crippen LogP contribution in [0.1, 0.15) is 35.4 Å². The molecule has 0 N–H and O–H groups in total. The van der Waals surface area contributed by atoms with E-state index in [0.29, 0.717) is 38.2 Å². The Balaban J connectivity index is 1.46. The third-order valence-electron chi connectivity index (χ3n) is 6.50. The zero-order valence-electron chi connectivity index (χ0n) is 17.5. The minimum atomic E-state index is -0.0932. The third kappa shape index (κ3) is 3.80. The van der Waals surface area contributed by atoms with E-state index in [0.717, 1.165) is 55.8 Å². The van der Waals surface area contributed by atoms with Gasteiger partial charge in [-0.15, -0.1) is 0 Å². The molecule has 30 heavy (non-hydrogen) atoms. The summed E-state index contributed by atoms with van der Waals surface area (Å²) >= 11 is 0. The first kappa shape index (κ1) is 19.8. The molecule has 4 heterocycles. The molecule has 3 aliphatic heterocycles. The van der Waals surface area contributed by atoms with E-state index in [1.54, 1.807) is 6.07 Å². The van der Waals surface area contributed by atoms with Gasteiger partial charge >= 0.3 is 0 Å². The number of hydrogen-bond donors (Lipinski definition) is 0. The monoisotopic (exact) mass is 411 g/mol. The Morgan fingerprint density at radius 1 is 1.10 bits per heavy atom. The number of benzene rings is 1. The van der Waals surface area contributed by atoms with Crippen LogP contribution in [-0.2, 0) is 27.2 Å². The second-order valence-electron chi connectivity index (χ2n) is 8.40. The van der Waals surface area contributed by atoms with Crippen molar-refractivity contribution in [3.8, 4) is 17.1 Å². The maximum atomic E-state index is 12.7. The highest BCUT2D eigenvalue weighted by molar-refractivity contribution is 5.70. The minimum absolute atomic E-state index is 0.0124. The fourth-order valence-electron chi connectivity index (χ4n) is 4.80. The van der Waals surface area contributed by atoms with Crippen molar-refractivity contribution < 1.29 is 18.9 Å². The van der Waals surface area contributed by atoms with Gasteiger partial charge < -0.3 is 23.5 Å². The molecule has 0 aliphatic carbocycles. The standard InChI is InChI=1S/C24H29NO5/c1-16-22(26)13-23(30-15-20-14-28-10-11-29-20)25-7-4-19-12-18(2-3-21(19)24(16)25)17-5-8-27-9-6-17/h2-3,12-13,17,20H,4-11,14-15H2,1H3/t20-/m0/s1. The van der Waals surface area contributed by atoms with Gasteiger partial charge in [0.15, 0.2) is 11.3 Å². The molecule has 2 saturated heterocycles. The smallest absolute Gasteiger partial charge is 0.197 e. The molecule has 6 heteroatoms. The van der Waals surface area contributed by atoms with Crippen LogP contribution in [0, 0.1) is 6.92 Å². The van der Waals surface area contributed by atoms with Crippen molar-refractivity contribution in [1.82, 2.24) is 4.57 Å². The highest BCUT2D eigenvalue weighted by atomic mass is 16.6. The van der Waals surface area contributed by atoms with Gasteiger partial charge in [-0.3, -0.25) is 4.79 Å². The van der Waals surface area contributed by atoms with Crippen LogP contribution in [-0.4, -0.2) is 50.3 Å². The van der Waals surface area contributed by atoms with Crippen LogP contribution in [0.25, 0.3) is 11.3 Å². The zero-order valence-corrected chi connectivity index (χ0v) is 17.5. The molecule has 3 aliphatic rings. The van der Waals surface area contributed by atoms with Crippen LogP contribution in [0.4, 0.5) is 0 Å². The molecule has 5 rings (SSSR count). The molecule has 0 radical (unpaired) electrons. The molecule has 0 unspecified atom stereocenters. The van der Waals surface area contributed by atoms with E-state index in [1.165, 1.54) is 11.1 Å². The molecular weight excluding hydrogens is 382 g/mol.